The Morgan fingerprint density at radius 1 is 1.47 bits per heavy atom. The number of nitrogens with zero attached hydrogens (tertiary/aromatic N) is 1. The van der Waals surface area contributed by atoms with Crippen molar-refractivity contribution in [3.63, 3.8) is 0 Å². The summed E-state index contributed by atoms with van der Waals surface area (Å²) < 4.78 is 4.63. The second-order valence-corrected chi connectivity index (χ2v) is 4.06. The summed E-state index contributed by atoms with van der Waals surface area (Å²) in [5, 5.41) is 6.28. The fraction of sp³-hybridized carbons (Fsp3) is 0.600. The quantitative estimate of drug-likeness (QED) is 0.768. The lowest BCUT2D eigenvalue weighted by Gasteiger charge is -2.31. The fourth-order valence-electron chi connectivity index (χ4n) is 1.93. The highest BCUT2D eigenvalue weighted by Gasteiger charge is 2.35. The van der Waals surface area contributed by atoms with Crippen molar-refractivity contribution < 1.29 is 9.32 Å². The number of nitrogens with one attached hydrogen (secondary N) is 1. The normalized spacial score (nSPS) is 19.8. The van der Waals surface area contributed by atoms with Crippen molar-refractivity contribution in [2.75, 3.05) is 5.32 Å². The van der Waals surface area contributed by atoms with E-state index in [4.69, 9.17) is 5.73 Å². The van der Waals surface area contributed by atoms with Crippen LogP contribution in [0.1, 0.15) is 32.1 Å². The zero-order valence-corrected chi connectivity index (χ0v) is 8.53. The molecule has 2 rings (SSSR count). The molecular formula is C10H15N3O2. The number of amides is 1. The van der Waals surface area contributed by atoms with Crippen LogP contribution in [0.4, 0.5) is 5.82 Å². The van der Waals surface area contributed by atoms with Crippen LogP contribution in [0.25, 0.3) is 0 Å². The van der Waals surface area contributed by atoms with Gasteiger partial charge in [-0.25, -0.2) is 0 Å². The van der Waals surface area contributed by atoms with Gasteiger partial charge in [-0.1, -0.05) is 24.4 Å². The van der Waals surface area contributed by atoms with Crippen molar-refractivity contribution in [2.45, 2.75) is 37.6 Å². The number of carbonyl (C=O) groups is 1. The first-order chi connectivity index (χ1) is 7.21. The summed E-state index contributed by atoms with van der Waals surface area (Å²) in [7, 11) is 0. The lowest BCUT2D eigenvalue weighted by Crippen LogP contribution is -2.52. The molecule has 5 nitrogen and oxygen atoms in total. The lowest BCUT2D eigenvalue weighted by atomic mass is 9.82. The van der Waals surface area contributed by atoms with E-state index < -0.39 is 5.54 Å². The maximum absolute atomic E-state index is 11.9. The Bertz CT molecular complexity index is 328. The highest BCUT2D eigenvalue weighted by Crippen LogP contribution is 2.26. The molecule has 0 unspecified atom stereocenters. The summed E-state index contributed by atoms with van der Waals surface area (Å²) in [4.78, 5) is 11.9. The van der Waals surface area contributed by atoms with Crippen LogP contribution in [0.2, 0.25) is 0 Å². The molecule has 0 aromatic carbocycles. The number of hydrogen-bond acceptors (Lipinski definition) is 4. The molecule has 1 heterocycles. The van der Waals surface area contributed by atoms with Gasteiger partial charge < -0.3 is 15.6 Å². The number of nitrogens with two attached hydrogens (primary N) is 1. The molecule has 0 saturated heterocycles. The number of aromatic nitrogens is 1. The molecule has 0 atom stereocenters. The van der Waals surface area contributed by atoms with Gasteiger partial charge in [-0.15, -0.1) is 0 Å². The van der Waals surface area contributed by atoms with E-state index >= 15 is 0 Å². The minimum Gasteiger partial charge on any atom is -0.363 e. The van der Waals surface area contributed by atoms with Crippen LogP contribution in [0.5, 0.6) is 0 Å². The van der Waals surface area contributed by atoms with Crippen LogP contribution in [0, 0.1) is 0 Å². The second-order valence-electron chi connectivity index (χ2n) is 4.06. The maximum Gasteiger partial charge on any atom is 0.245 e. The summed E-state index contributed by atoms with van der Waals surface area (Å²) in [6.07, 6.45) is 6.11. The Morgan fingerprint density at radius 3 is 2.80 bits per heavy atom. The molecule has 0 radical (unpaired) electrons. The molecule has 1 aliphatic rings. The summed E-state index contributed by atoms with van der Waals surface area (Å²) in [6.45, 7) is 0. The van der Waals surface area contributed by atoms with E-state index in [1.165, 1.54) is 6.26 Å². The molecule has 1 aromatic rings. The highest BCUT2D eigenvalue weighted by atomic mass is 16.5. The van der Waals surface area contributed by atoms with E-state index in [0.29, 0.717) is 5.82 Å². The third-order valence-corrected chi connectivity index (χ3v) is 2.88. The van der Waals surface area contributed by atoms with Gasteiger partial charge in [0, 0.05) is 6.07 Å². The third kappa shape index (κ3) is 2.18. The number of carbonyl (C=O) groups excluding carboxylic acids is 1. The first-order valence-electron chi connectivity index (χ1n) is 5.21. The van der Waals surface area contributed by atoms with E-state index in [1.54, 1.807) is 6.07 Å². The zero-order valence-electron chi connectivity index (χ0n) is 8.53. The fourth-order valence-corrected chi connectivity index (χ4v) is 1.93. The lowest BCUT2D eigenvalue weighted by molar-refractivity contribution is -0.122. The van der Waals surface area contributed by atoms with Gasteiger partial charge in [0.1, 0.15) is 6.26 Å². The van der Waals surface area contributed by atoms with Gasteiger partial charge in [0.15, 0.2) is 5.82 Å². The average Bonchev–Trinajstić information content (AvgIpc) is 2.71. The van der Waals surface area contributed by atoms with Crippen molar-refractivity contribution >= 4 is 11.7 Å². The molecule has 1 amide bonds. The van der Waals surface area contributed by atoms with E-state index in [-0.39, 0.29) is 5.91 Å². The van der Waals surface area contributed by atoms with E-state index in [1.807, 2.05) is 0 Å². The van der Waals surface area contributed by atoms with Gasteiger partial charge in [0.25, 0.3) is 0 Å². The zero-order chi connectivity index (χ0) is 10.7. The molecule has 1 saturated carbocycles. The van der Waals surface area contributed by atoms with Crippen LogP contribution in [-0.2, 0) is 4.79 Å². The summed E-state index contributed by atoms with van der Waals surface area (Å²) in [5.41, 5.74) is 5.32. The van der Waals surface area contributed by atoms with Crippen LogP contribution < -0.4 is 11.1 Å². The Morgan fingerprint density at radius 2 is 2.20 bits per heavy atom. The Balaban J connectivity index is 2.00. The predicted molar refractivity (Wildman–Crippen MR) is 55.1 cm³/mol. The smallest absolute Gasteiger partial charge is 0.245 e. The molecule has 82 valence electrons. The van der Waals surface area contributed by atoms with Gasteiger partial charge >= 0.3 is 0 Å². The van der Waals surface area contributed by atoms with Crippen molar-refractivity contribution in [1.29, 1.82) is 0 Å². The summed E-state index contributed by atoms with van der Waals surface area (Å²) in [5.74, 6) is 0.270. The molecule has 5 heteroatoms. The third-order valence-electron chi connectivity index (χ3n) is 2.88. The van der Waals surface area contributed by atoms with Gasteiger partial charge in [-0.2, -0.15) is 0 Å². The van der Waals surface area contributed by atoms with Crippen LogP contribution >= 0.6 is 0 Å². The standard InChI is InChI=1S/C10H15N3O2/c11-10(5-2-1-3-6-10)9(14)12-8-4-7-15-13-8/h4,7H,1-3,5-6,11H2,(H,12,13,14). The van der Waals surface area contributed by atoms with Gasteiger partial charge in [-0.05, 0) is 12.8 Å². The Kier molecular flexibility index (Phi) is 2.73. The highest BCUT2D eigenvalue weighted by molar-refractivity contribution is 5.97. The molecule has 1 fully saturated rings. The molecule has 1 aliphatic carbocycles. The van der Waals surface area contributed by atoms with Crippen molar-refractivity contribution in [1.82, 2.24) is 5.16 Å². The second kappa shape index (κ2) is 4.02. The Hall–Kier alpha value is -1.36. The number of rotatable bonds is 2. The molecular weight excluding hydrogens is 194 g/mol. The van der Waals surface area contributed by atoms with Crippen molar-refractivity contribution in [3.05, 3.63) is 12.3 Å². The SMILES string of the molecule is NC1(C(=O)Nc2ccon2)CCCCC1. The maximum atomic E-state index is 11.9. The average molecular weight is 209 g/mol. The van der Waals surface area contributed by atoms with Crippen molar-refractivity contribution in [3.8, 4) is 0 Å². The van der Waals surface area contributed by atoms with Crippen LogP contribution in [0.3, 0.4) is 0 Å². The largest absolute Gasteiger partial charge is 0.363 e. The monoisotopic (exact) mass is 209 g/mol. The van der Waals surface area contributed by atoms with E-state index in [0.717, 1.165) is 32.1 Å². The van der Waals surface area contributed by atoms with E-state index in [9.17, 15) is 4.79 Å². The summed E-state index contributed by atoms with van der Waals surface area (Å²) in [6, 6.07) is 1.60. The first kappa shape index (κ1) is 10.2. The minimum atomic E-state index is -0.725. The number of hydrogen-bond donors (Lipinski definition) is 2. The molecule has 0 spiro atoms. The minimum absolute atomic E-state index is 0.156. The molecule has 0 aliphatic heterocycles. The molecule has 3 N–H and O–H groups in total. The molecule has 0 bridgehead atoms. The summed E-state index contributed by atoms with van der Waals surface area (Å²) >= 11 is 0. The van der Waals surface area contributed by atoms with Gasteiger partial charge in [0.2, 0.25) is 5.91 Å². The van der Waals surface area contributed by atoms with Crippen LogP contribution in [-0.4, -0.2) is 16.6 Å². The van der Waals surface area contributed by atoms with Gasteiger partial charge in [0.05, 0.1) is 5.54 Å². The van der Waals surface area contributed by atoms with Crippen LogP contribution in [0.15, 0.2) is 16.9 Å². The van der Waals surface area contributed by atoms with Gasteiger partial charge in [-0.3, -0.25) is 4.79 Å². The molecule has 15 heavy (non-hydrogen) atoms. The predicted octanol–water partition coefficient (Wildman–Crippen LogP) is 1.27. The topological polar surface area (TPSA) is 81.2 Å². The molecule has 1 aromatic heterocycles. The Labute approximate surface area is 88.0 Å². The van der Waals surface area contributed by atoms with Crippen molar-refractivity contribution in [2.24, 2.45) is 5.73 Å². The first-order valence-corrected chi connectivity index (χ1v) is 5.21. The van der Waals surface area contributed by atoms with E-state index in [2.05, 4.69) is 15.0 Å². The number of anilines is 1.